The highest BCUT2D eigenvalue weighted by atomic mass is 16.2. The van der Waals surface area contributed by atoms with Crippen LogP contribution in [0.2, 0.25) is 0 Å². The maximum atomic E-state index is 12.2. The lowest BCUT2D eigenvalue weighted by Gasteiger charge is -2.26. The van der Waals surface area contributed by atoms with Gasteiger partial charge in [-0.25, -0.2) is 0 Å². The molecular formula is C26H26N2O. The number of benzene rings is 2. The van der Waals surface area contributed by atoms with Gasteiger partial charge in [0.15, 0.2) is 0 Å². The summed E-state index contributed by atoms with van der Waals surface area (Å²) in [6, 6.07) is 17.4. The van der Waals surface area contributed by atoms with Gasteiger partial charge in [-0.15, -0.1) is 0 Å². The number of pyridine rings is 1. The van der Waals surface area contributed by atoms with E-state index in [4.69, 9.17) is 0 Å². The van der Waals surface area contributed by atoms with E-state index in [1.165, 1.54) is 33.2 Å². The van der Waals surface area contributed by atoms with Crippen molar-refractivity contribution < 1.29 is 4.79 Å². The van der Waals surface area contributed by atoms with Crippen LogP contribution in [-0.2, 0) is 11.2 Å². The quantitative estimate of drug-likeness (QED) is 0.572. The third-order valence-electron chi connectivity index (χ3n) is 6.19. The van der Waals surface area contributed by atoms with Crippen LogP contribution in [-0.4, -0.2) is 28.9 Å². The Labute approximate surface area is 172 Å². The Morgan fingerprint density at radius 3 is 2.69 bits per heavy atom. The molecule has 1 aliphatic carbocycles. The average Bonchev–Trinajstić information content (AvgIpc) is 3.59. The summed E-state index contributed by atoms with van der Waals surface area (Å²) in [4.78, 5) is 18.7. The van der Waals surface area contributed by atoms with Gasteiger partial charge in [-0.3, -0.25) is 9.78 Å². The molecule has 29 heavy (non-hydrogen) atoms. The monoisotopic (exact) mass is 382 g/mol. The smallest absolute Gasteiger partial charge is 0.225 e. The number of hydrogen-bond donors (Lipinski definition) is 0. The molecule has 1 fully saturated rings. The number of carbonyl (C=O) groups is 1. The van der Waals surface area contributed by atoms with E-state index < -0.39 is 0 Å². The van der Waals surface area contributed by atoms with Gasteiger partial charge in [0.05, 0.1) is 5.52 Å². The Morgan fingerprint density at radius 2 is 1.97 bits per heavy atom. The first-order chi connectivity index (χ1) is 14.2. The number of fused-ring (bicyclic) bond motifs is 1. The zero-order chi connectivity index (χ0) is 19.8. The summed E-state index contributed by atoms with van der Waals surface area (Å²) in [5.74, 6) is 0.691. The number of aryl methyl sites for hydroxylation is 1. The molecule has 3 aromatic rings. The molecule has 1 saturated carbocycles. The van der Waals surface area contributed by atoms with Gasteiger partial charge < -0.3 is 4.90 Å². The Bertz CT molecular complexity index is 1090. The van der Waals surface area contributed by atoms with Crippen molar-refractivity contribution in [2.75, 3.05) is 13.1 Å². The molecule has 1 aliphatic heterocycles. The van der Waals surface area contributed by atoms with E-state index >= 15 is 0 Å². The Hall–Kier alpha value is -2.94. The van der Waals surface area contributed by atoms with E-state index in [-0.39, 0.29) is 0 Å². The van der Waals surface area contributed by atoms with Gasteiger partial charge in [0, 0.05) is 30.6 Å². The summed E-state index contributed by atoms with van der Waals surface area (Å²) in [5.41, 5.74) is 7.57. The first-order valence-electron chi connectivity index (χ1n) is 10.6. The van der Waals surface area contributed by atoms with Crippen LogP contribution in [0.3, 0.4) is 0 Å². The molecule has 0 unspecified atom stereocenters. The van der Waals surface area contributed by atoms with Crippen LogP contribution < -0.4 is 0 Å². The SMILES string of the molecule is Cc1cc2cccnc2cc1-c1ccc(CC2=CCN(C(=O)C3CC3)CC2)cc1. The summed E-state index contributed by atoms with van der Waals surface area (Å²) in [6.45, 7) is 3.83. The van der Waals surface area contributed by atoms with Gasteiger partial charge >= 0.3 is 0 Å². The summed E-state index contributed by atoms with van der Waals surface area (Å²) in [6.07, 6.45) is 8.26. The van der Waals surface area contributed by atoms with Crippen molar-refractivity contribution in [2.24, 2.45) is 5.92 Å². The van der Waals surface area contributed by atoms with Crippen LogP contribution >= 0.6 is 0 Å². The molecule has 0 bridgehead atoms. The van der Waals surface area contributed by atoms with Crippen molar-refractivity contribution >= 4 is 16.8 Å². The Balaban J connectivity index is 1.29. The Kier molecular flexibility index (Phi) is 4.67. The topological polar surface area (TPSA) is 33.2 Å². The van der Waals surface area contributed by atoms with Crippen molar-refractivity contribution in [2.45, 2.75) is 32.6 Å². The molecule has 146 valence electrons. The molecule has 1 amide bonds. The van der Waals surface area contributed by atoms with E-state index in [1.807, 2.05) is 17.2 Å². The first-order valence-corrected chi connectivity index (χ1v) is 10.6. The highest BCUT2D eigenvalue weighted by Gasteiger charge is 2.33. The zero-order valence-corrected chi connectivity index (χ0v) is 16.9. The summed E-state index contributed by atoms with van der Waals surface area (Å²) in [7, 11) is 0. The van der Waals surface area contributed by atoms with Crippen LogP contribution in [0.4, 0.5) is 0 Å². The number of carbonyl (C=O) groups excluding carboxylic acids is 1. The predicted molar refractivity (Wildman–Crippen MR) is 118 cm³/mol. The van der Waals surface area contributed by atoms with Gasteiger partial charge in [-0.05, 0) is 73.1 Å². The fourth-order valence-electron chi connectivity index (χ4n) is 4.27. The van der Waals surface area contributed by atoms with Crippen molar-refractivity contribution in [3.05, 3.63) is 77.5 Å². The number of hydrogen-bond acceptors (Lipinski definition) is 2. The molecule has 1 aromatic heterocycles. The van der Waals surface area contributed by atoms with Gasteiger partial charge in [0.2, 0.25) is 5.91 Å². The van der Waals surface area contributed by atoms with Crippen LogP contribution in [0.5, 0.6) is 0 Å². The third-order valence-corrected chi connectivity index (χ3v) is 6.19. The molecule has 0 atom stereocenters. The minimum absolute atomic E-state index is 0.325. The van der Waals surface area contributed by atoms with Crippen molar-refractivity contribution in [3.8, 4) is 11.1 Å². The highest BCUT2D eigenvalue weighted by molar-refractivity contribution is 5.86. The van der Waals surface area contributed by atoms with Gasteiger partial charge in [-0.1, -0.05) is 42.0 Å². The highest BCUT2D eigenvalue weighted by Crippen LogP contribution is 2.32. The first kappa shape index (κ1) is 18.1. The number of amides is 1. The maximum Gasteiger partial charge on any atom is 0.225 e. The summed E-state index contributed by atoms with van der Waals surface area (Å²) < 4.78 is 0. The van der Waals surface area contributed by atoms with Gasteiger partial charge in [0.25, 0.3) is 0 Å². The van der Waals surface area contributed by atoms with E-state index in [0.717, 1.165) is 44.3 Å². The molecular weight excluding hydrogens is 356 g/mol. The summed E-state index contributed by atoms with van der Waals surface area (Å²) in [5, 5.41) is 1.18. The van der Waals surface area contributed by atoms with Crippen molar-refractivity contribution in [1.82, 2.24) is 9.88 Å². The van der Waals surface area contributed by atoms with Crippen LogP contribution in [0.15, 0.2) is 66.4 Å². The largest absolute Gasteiger partial charge is 0.338 e. The molecule has 2 heterocycles. The third kappa shape index (κ3) is 3.82. The number of rotatable bonds is 4. The molecule has 0 radical (unpaired) electrons. The zero-order valence-electron chi connectivity index (χ0n) is 16.9. The van der Waals surface area contributed by atoms with E-state index in [0.29, 0.717) is 11.8 Å². The molecule has 5 rings (SSSR count). The minimum atomic E-state index is 0.325. The van der Waals surface area contributed by atoms with Crippen LogP contribution in [0.25, 0.3) is 22.0 Å². The fourth-order valence-corrected chi connectivity index (χ4v) is 4.27. The fraction of sp³-hybridized carbons (Fsp3) is 0.308. The second-order valence-corrected chi connectivity index (χ2v) is 8.41. The normalized spacial score (nSPS) is 16.7. The molecule has 3 heteroatoms. The van der Waals surface area contributed by atoms with Gasteiger partial charge in [0.1, 0.15) is 0 Å². The summed E-state index contributed by atoms with van der Waals surface area (Å²) >= 11 is 0. The average molecular weight is 383 g/mol. The van der Waals surface area contributed by atoms with E-state index in [9.17, 15) is 4.79 Å². The minimum Gasteiger partial charge on any atom is -0.338 e. The Morgan fingerprint density at radius 1 is 1.14 bits per heavy atom. The number of aromatic nitrogens is 1. The van der Waals surface area contributed by atoms with Crippen LogP contribution in [0, 0.1) is 12.8 Å². The van der Waals surface area contributed by atoms with Crippen molar-refractivity contribution in [3.63, 3.8) is 0 Å². The number of nitrogens with zero attached hydrogens (tertiary/aromatic N) is 2. The van der Waals surface area contributed by atoms with E-state index in [1.54, 1.807) is 0 Å². The van der Waals surface area contributed by atoms with E-state index in [2.05, 4.69) is 60.4 Å². The lowest BCUT2D eigenvalue weighted by molar-refractivity contribution is -0.132. The van der Waals surface area contributed by atoms with Crippen LogP contribution in [0.1, 0.15) is 30.4 Å². The standard InChI is InChI=1S/C26H26N2O/c1-18-15-23-3-2-12-27-25(23)17-24(18)21-6-4-19(5-7-21)16-20-10-13-28(14-11-20)26(29)22-8-9-22/h2-7,10,12,15,17,22H,8-9,11,13-14,16H2,1H3. The molecule has 3 nitrogen and oxygen atoms in total. The molecule has 0 N–H and O–H groups in total. The second kappa shape index (κ2) is 7.47. The second-order valence-electron chi connectivity index (χ2n) is 8.41. The predicted octanol–water partition coefficient (Wildman–Crippen LogP) is 5.32. The molecule has 0 saturated heterocycles. The lowest BCUT2D eigenvalue weighted by Crippen LogP contribution is -2.36. The molecule has 2 aliphatic rings. The molecule has 2 aromatic carbocycles. The molecule has 0 spiro atoms. The van der Waals surface area contributed by atoms with Gasteiger partial charge in [-0.2, -0.15) is 0 Å². The lowest BCUT2D eigenvalue weighted by atomic mass is 9.95. The van der Waals surface area contributed by atoms with Crippen molar-refractivity contribution in [1.29, 1.82) is 0 Å². The maximum absolute atomic E-state index is 12.2.